The van der Waals surface area contributed by atoms with Crippen molar-refractivity contribution in [2.24, 2.45) is 0 Å². The van der Waals surface area contributed by atoms with E-state index in [4.69, 9.17) is 0 Å². The zero-order valence-corrected chi connectivity index (χ0v) is 11.7. The number of hydrogen-bond donors (Lipinski definition) is 1. The molecule has 90 valence electrons. The first kappa shape index (κ1) is 12.7. The van der Waals surface area contributed by atoms with Crippen LogP contribution in [-0.2, 0) is 13.1 Å². The summed E-state index contributed by atoms with van der Waals surface area (Å²) in [5.41, 5.74) is 3.84. The molecule has 0 aliphatic carbocycles. The first-order valence-electron chi connectivity index (χ1n) is 5.20. The second-order valence-electron chi connectivity index (χ2n) is 3.71. The maximum Gasteiger partial charge on any atom is 0.137 e. The van der Waals surface area contributed by atoms with E-state index in [2.05, 4.69) is 26.2 Å². The fraction of sp³-hybridized carbons (Fsp3) is 0.250. The Morgan fingerprint density at radius 2 is 2.24 bits per heavy atom. The van der Waals surface area contributed by atoms with Crippen molar-refractivity contribution in [1.82, 2.24) is 10.3 Å². The van der Waals surface area contributed by atoms with Gasteiger partial charge in [0.05, 0.1) is 15.7 Å². The minimum Gasteiger partial charge on any atom is -0.308 e. The van der Waals surface area contributed by atoms with Crippen LogP contribution in [-0.4, -0.2) is 4.98 Å². The van der Waals surface area contributed by atoms with Crippen LogP contribution >= 0.6 is 27.3 Å². The number of aryl methyl sites for hydroxylation is 1. The monoisotopic (exact) mass is 314 g/mol. The smallest absolute Gasteiger partial charge is 0.137 e. The van der Waals surface area contributed by atoms with E-state index in [0.717, 1.165) is 17.8 Å². The summed E-state index contributed by atoms with van der Waals surface area (Å²) in [6.45, 7) is 3.42. The van der Waals surface area contributed by atoms with Gasteiger partial charge in [-0.2, -0.15) is 0 Å². The Hall–Kier alpha value is -0.780. The van der Waals surface area contributed by atoms with Gasteiger partial charge in [0.25, 0.3) is 0 Å². The molecule has 0 aliphatic rings. The third-order valence-electron chi connectivity index (χ3n) is 2.44. The highest BCUT2D eigenvalue weighted by molar-refractivity contribution is 9.10. The molecule has 2 rings (SSSR count). The van der Waals surface area contributed by atoms with Gasteiger partial charge in [0.1, 0.15) is 5.82 Å². The van der Waals surface area contributed by atoms with Gasteiger partial charge >= 0.3 is 0 Å². The maximum atomic E-state index is 13.3. The largest absolute Gasteiger partial charge is 0.308 e. The molecule has 0 bridgehead atoms. The summed E-state index contributed by atoms with van der Waals surface area (Å²) >= 11 is 4.77. The Morgan fingerprint density at radius 3 is 2.88 bits per heavy atom. The molecular weight excluding hydrogens is 303 g/mol. The third-order valence-corrected chi connectivity index (χ3v) is 4.02. The Balaban J connectivity index is 1.90. The van der Waals surface area contributed by atoms with Crippen molar-refractivity contribution in [2.75, 3.05) is 0 Å². The average molecular weight is 315 g/mol. The summed E-state index contributed by atoms with van der Waals surface area (Å²) in [5, 5.41) is 3.28. The molecule has 0 amide bonds. The highest BCUT2D eigenvalue weighted by Crippen LogP contribution is 2.16. The molecule has 0 unspecified atom stereocenters. The van der Waals surface area contributed by atoms with Crippen molar-refractivity contribution in [1.29, 1.82) is 0 Å². The zero-order valence-electron chi connectivity index (χ0n) is 9.34. The van der Waals surface area contributed by atoms with Crippen molar-refractivity contribution >= 4 is 27.3 Å². The molecule has 0 atom stereocenters. The van der Waals surface area contributed by atoms with Gasteiger partial charge in [0, 0.05) is 18.0 Å². The van der Waals surface area contributed by atoms with Crippen LogP contribution in [0.3, 0.4) is 0 Å². The molecule has 5 heteroatoms. The summed E-state index contributed by atoms with van der Waals surface area (Å²) in [5.74, 6) is -0.224. The van der Waals surface area contributed by atoms with Gasteiger partial charge in [-0.25, -0.2) is 9.37 Å². The van der Waals surface area contributed by atoms with Crippen LogP contribution in [0.4, 0.5) is 4.39 Å². The van der Waals surface area contributed by atoms with Gasteiger partial charge in [-0.3, -0.25) is 0 Å². The van der Waals surface area contributed by atoms with E-state index < -0.39 is 0 Å². The van der Waals surface area contributed by atoms with E-state index in [1.54, 1.807) is 17.4 Å². The van der Waals surface area contributed by atoms with Crippen molar-refractivity contribution in [3.63, 3.8) is 0 Å². The number of nitrogens with one attached hydrogen (secondary N) is 1. The quantitative estimate of drug-likeness (QED) is 0.932. The molecule has 1 heterocycles. The van der Waals surface area contributed by atoms with Crippen LogP contribution in [0.25, 0.3) is 0 Å². The lowest BCUT2D eigenvalue weighted by atomic mass is 10.2. The fourth-order valence-corrected chi connectivity index (χ4v) is 2.46. The molecule has 17 heavy (non-hydrogen) atoms. The first-order valence-corrected chi connectivity index (χ1v) is 6.87. The highest BCUT2D eigenvalue weighted by atomic mass is 79.9. The van der Waals surface area contributed by atoms with E-state index in [9.17, 15) is 4.39 Å². The summed E-state index contributed by atoms with van der Waals surface area (Å²) in [6.07, 6.45) is 0. The molecule has 0 saturated carbocycles. The lowest BCUT2D eigenvalue weighted by Crippen LogP contribution is -2.12. The van der Waals surface area contributed by atoms with E-state index in [-0.39, 0.29) is 5.82 Å². The number of halogens is 2. The lowest BCUT2D eigenvalue weighted by molar-refractivity contribution is 0.614. The van der Waals surface area contributed by atoms with E-state index in [1.165, 1.54) is 10.9 Å². The van der Waals surface area contributed by atoms with Crippen LogP contribution in [0.2, 0.25) is 0 Å². The Morgan fingerprint density at radius 1 is 1.41 bits per heavy atom. The van der Waals surface area contributed by atoms with Gasteiger partial charge in [0.2, 0.25) is 0 Å². The van der Waals surface area contributed by atoms with Gasteiger partial charge in [-0.05, 0) is 40.5 Å². The molecule has 1 aromatic heterocycles. The standard InChI is InChI=1S/C12H12BrFN2S/c1-8-12(17-7-16-8)6-15-5-9-2-3-10(13)11(14)4-9/h2-4,7,15H,5-6H2,1H3. The Bertz CT molecular complexity index is 513. The summed E-state index contributed by atoms with van der Waals surface area (Å²) in [6, 6.07) is 5.17. The number of hydrogen-bond acceptors (Lipinski definition) is 3. The SMILES string of the molecule is Cc1ncsc1CNCc1ccc(Br)c(F)c1. The molecule has 0 saturated heterocycles. The van der Waals surface area contributed by atoms with E-state index in [1.807, 2.05) is 18.5 Å². The second kappa shape index (κ2) is 5.71. The predicted octanol–water partition coefficient (Wildman–Crippen LogP) is 3.64. The van der Waals surface area contributed by atoms with E-state index >= 15 is 0 Å². The number of benzene rings is 1. The van der Waals surface area contributed by atoms with Crippen molar-refractivity contribution in [3.05, 3.63) is 50.1 Å². The van der Waals surface area contributed by atoms with Gasteiger partial charge in [0.15, 0.2) is 0 Å². The maximum absolute atomic E-state index is 13.3. The Labute approximate surface area is 112 Å². The van der Waals surface area contributed by atoms with Crippen molar-refractivity contribution in [3.8, 4) is 0 Å². The van der Waals surface area contributed by atoms with Crippen LogP contribution in [0, 0.1) is 12.7 Å². The van der Waals surface area contributed by atoms with Crippen LogP contribution in [0.1, 0.15) is 16.1 Å². The van der Waals surface area contributed by atoms with Gasteiger partial charge < -0.3 is 5.32 Å². The Kier molecular flexibility index (Phi) is 4.25. The number of nitrogens with zero attached hydrogens (tertiary/aromatic N) is 1. The molecule has 0 fully saturated rings. The summed E-state index contributed by atoms with van der Waals surface area (Å²) < 4.78 is 13.8. The molecule has 1 N–H and O–H groups in total. The average Bonchev–Trinajstić information content (AvgIpc) is 2.70. The lowest BCUT2D eigenvalue weighted by Gasteiger charge is -2.05. The van der Waals surface area contributed by atoms with Crippen LogP contribution < -0.4 is 5.32 Å². The molecule has 0 spiro atoms. The predicted molar refractivity (Wildman–Crippen MR) is 71.5 cm³/mol. The highest BCUT2D eigenvalue weighted by Gasteiger charge is 2.02. The van der Waals surface area contributed by atoms with Gasteiger partial charge in [-0.1, -0.05) is 6.07 Å². The molecule has 2 aromatic rings. The summed E-state index contributed by atoms with van der Waals surface area (Å²) in [7, 11) is 0. The molecule has 0 radical (unpaired) electrons. The summed E-state index contributed by atoms with van der Waals surface area (Å²) in [4.78, 5) is 5.40. The van der Waals surface area contributed by atoms with Crippen LogP contribution in [0.5, 0.6) is 0 Å². The number of rotatable bonds is 4. The molecular formula is C12H12BrFN2S. The topological polar surface area (TPSA) is 24.9 Å². The second-order valence-corrected chi connectivity index (χ2v) is 5.51. The van der Waals surface area contributed by atoms with Crippen molar-refractivity contribution in [2.45, 2.75) is 20.0 Å². The minimum atomic E-state index is -0.224. The van der Waals surface area contributed by atoms with E-state index in [0.29, 0.717) is 11.0 Å². The first-order chi connectivity index (χ1) is 8.16. The minimum absolute atomic E-state index is 0.224. The van der Waals surface area contributed by atoms with Gasteiger partial charge in [-0.15, -0.1) is 11.3 Å². The number of thiazole rings is 1. The van der Waals surface area contributed by atoms with Crippen LogP contribution in [0.15, 0.2) is 28.2 Å². The number of aromatic nitrogens is 1. The molecule has 1 aromatic carbocycles. The normalized spacial score (nSPS) is 10.8. The van der Waals surface area contributed by atoms with Crippen molar-refractivity contribution < 1.29 is 4.39 Å². The molecule has 2 nitrogen and oxygen atoms in total. The third kappa shape index (κ3) is 3.34. The molecule has 0 aliphatic heterocycles. The fourth-order valence-electron chi connectivity index (χ4n) is 1.47. The zero-order chi connectivity index (χ0) is 12.3.